The standard InChI is InChI=1S/C17H18N2S2/c1-12-8-9-15(20-12)13(2)18-11-17-19-10-16(21-17)14-6-4-3-5-7-14/h3-10,13,18H,11H2,1-2H3. The molecule has 2 heterocycles. The van der Waals surface area contributed by atoms with Crippen LogP contribution in [0.25, 0.3) is 10.4 Å². The van der Waals surface area contributed by atoms with E-state index in [1.807, 2.05) is 23.6 Å². The van der Waals surface area contributed by atoms with Crippen molar-refractivity contribution in [3.63, 3.8) is 0 Å². The Morgan fingerprint density at radius 2 is 1.90 bits per heavy atom. The molecule has 0 spiro atoms. The second-order valence-corrected chi connectivity index (χ2v) is 7.47. The zero-order valence-corrected chi connectivity index (χ0v) is 13.8. The van der Waals surface area contributed by atoms with Crippen LogP contribution < -0.4 is 5.32 Å². The summed E-state index contributed by atoms with van der Waals surface area (Å²) >= 11 is 3.61. The number of aromatic nitrogens is 1. The molecule has 0 radical (unpaired) electrons. The second kappa shape index (κ2) is 6.52. The number of nitrogens with zero attached hydrogens (tertiary/aromatic N) is 1. The van der Waals surface area contributed by atoms with Crippen LogP contribution in [0.2, 0.25) is 0 Å². The smallest absolute Gasteiger partial charge is 0.107 e. The van der Waals surface area contributed by atoms with Crippen molar-refractivity contribution in [2.75, 3.05) is 0 Å². The maximum atomic E-state index is 4.52. The summed E-state index contributed by atoms with van der Waals surface area (Å²) in [6.45, 7) is 5.17. The third-order valence-electron chi connectivity index (χ3n) is 3.36. The van der Waals surface area contributed by atoms with E-state index in [4.69, 9.17) is 0 Å². The van der Waals surface area contributed by atoms with Gasteiger partial charge in [0.25, 0.3) is 0 Å². The van der Waals surface area contributed by atoms with E-state index in [1.165, 1.54) is 20.2 Å². The van der Waals surface area contributed by atoms with Gasteiger partial charge in [0.2, 0.25) is 0 Å². The Balaban J connectivity index is 1.63. The number of benzene rings is 1. The zero-order chi connectivity index (χ0) is 14.7. The number of thiophene rings is 1. The molecule has 0 aliphatic rings. The van der Waals surface area contributed by atoms with Crippen molar-refractivity contribution >= 4 is 22.7 Å². The molecule has 0 fully saturated rings. The van der Waals surface area contributed by atoms with Gasteiger partial charge in [0.1, 0.15) is 5.01 Å². The zero-order valence-electron chi connectivity index (χ0n) is 12.2. The summed E-state index contributed by atoms with van der Waals surface area (Å²) in [6.07, 6.45) is 1.97. The molecule has 1 aromatic carbocycles. The Hall–Kier alpha value is -1.49. The van der Waals surface area contributed by atoms with Gasteiger partial charge >= 0.3 is 0 Å². The van der Waals surface area contributed by atoms with Crippen molar-refractivity contribution in [1.82, 2.24) is 10.3 Å². The van der Waals surface area contributed by atoms with Gasteiger partial charge in [-0.25, -0.2) is 4.98 Å². The summed E-state index contributed by atoms with van der Waals surface area (Å²) in [5.74, 6) is 0. The van der Waals surface area contributed by atoms with Crippen LogP contribution in [0.3, 0.4) is 0 Å². The van der Waals surface area contributed by atoms with Crippen molar-refractivity contribution in [2.45, 2.75) is 26.4 Å². The number of aryl methyl sites for hydroxylation is 1. The van der Waals surface area contributed by atoms with Crippen LogP contribution in [0.5, 0.6) is 0 Å². The molecule has 2 nitrogen and oxygen atoms in total. The van der Waals surface area contributed by atoms with E-state index in [1.54, 1.807) is 11.3 Å². The summed E-state index contributed by atoms with van der Waals surface area (Å²) in [6, 6.07) is 15.2. The molecule has 108 valence electrons. The highest BCUT2D eigenvalue weighted by molar-refractivity contribution is 7.15. The van der Waals surface area contributed by atoms with Gasteiger partial charge in [-0.15, -0.1) is 22.7 Å². The maximum Gasteiger partial charge on any atom is 0.107 e. The summed E-state index contributed by atoms with van der Waals surface area (Å²) in [7, 11) is 0. The molecule has 0 bridgehead atoms. The van der Waals surface area contributed by atoms with Crippen molar-refractivity contribution in [3.05, 3.63) is 63.4 Å². The Morgan fingerprint density at radius 3 is 2.62 bits per heavy atom. The average molecular weight is 314 g/mol. The molecular formula is C17H18N2S2. The van der Waals surface area contributed by atoms with Crippen LogP contribution >= 0.6 is 22.7 Å². The molecule has 0 amide bonds. The molecule has 3 aromatic rings. The minimum Gasteiger partial charge on any atom is -0.303 e. The quantitative estimate of drug-likeness (QED) is 0.714. The molecule has 1 unspecified atom stereocenters. The van der Waals surface area contributed by atoms with Crippen molar-refractivity contribution in [2.24, 2.45) is 0 Å². The Morgan fingerprint density at radius 1 is 1.10 bits per heavy atom. The maximum absolute atomic E-state index is 4.52. The molecular weight excluding hydrogens is 296 g/mol. The van der Waals surface area contributed by atoms with Gasteiger partial charge in [-0.3, -0.25) is 0 Å². The fourth-order valence-corrected chi connectivity index (χ4v) is 3.93. The lowest BCUT2D eigenvalue weighted by Gasteiger charge is -2.10. The lowest BCUT2D eigenvalue weighted by atomic mass is 10.2. The fraction of sp³-hybridized carbons (Fsp3) is 0.235. The lowest BCUT2D eigenvalue weighted by Crippen LogP contribution is -2.16. The molecule has 1 N–H and O–H groups in total. The summed E-state index contributed by atoms with van der Waals surface area (Å²) in [4.78, 5) is 8.49. The van der Waals surface area contributed by atoms with E-state index in [-0.39, 0.29) is 0 Å². The molecule has 2 aromatic heterocycles. The Labute approximate surface area is 133 Å². The van der Waals surface area contributed by atoms with E-state index in [0.717, 1.165) is 11.6 Å². The number of hydrogen-bond donors (Lipinski definition) is 1. The van der Waals surface area contributed by atoms with Crippen molar-refractivity contribution < 1.29 is 0 Å². The van der Waals surface area contributed by atoms with Crippen LogP contribution in [0.1, 0.15) is 27.7 Å². The predicted octanol–water partition coefficient (Wildman–Crippen LogP) is 5.03. The van der Waals surface area contributed by atoms with Gasteiger partial charge in [0.15, 0.2) is 0 Å². The highest BCUT2D eigenvalue weighted by Gasteiger charge is 2.09. The molecule has 0 saturated heterocycles. The Bertz CT molecular complexity index is 700. The van der Waals surface area contributed by atoms with Crippen LogP contribution in [-0.2, 0) is 6.54 Å². The van der Waals surface area contributed by atoms with Crippen molar-refractivity contribution in [3.8, 4) is 10.4 Å². The predicted molar refractivity (Wildman–Crippen MR) is 91.9 cm³/mol. The summed E-state index contributed by atoms with van der Waals surface area (Å²) in [5, 5.41) is 4.68. The molecule has 0 saturated carbocycles. The van der Waals surface area contributed by atoms with Gasteiger partial charge in [0.05, 0.1) is 4.88 Å². The van der Waals surface area contributed by atoms with Gasteiger partial charge in [0, 0.05) is 28.5 Å². The molecule has 4 heteroatoms. The second-order valence-electron chi connectivity index (χ2n) is 5.04. The molecule has 0 aliphatic carbocycles. The number of rotatable bonds is 5. The summed E-state index contributed by atoms with van der Waals surface area (Å²) in [5.41, 5.74) is 1.24. The van der Waals surface area contributed by atoms with E-state index < -0.39 is 0 Å². The largest absolute Gasteiger partial charge is 0.303 e. The lowest BCUT2D eigenvalue weighted by molar-refractivity contribution is 0.581. The van der Waals surface area contributed by atoms with E-state index >= 15 is 0 Å². The first-order chi connectivity index (χ1) is 10.2. The van der Waals surface area contributed by atoms with Gasteiger partial charge < -0.3 is 5.32 Å². The van der Waals surface area contributed by atoms with E-state index in [2.05, 4.69) is 60.5 Å². The van der Waals surface area contributed by atoms with Crippen LogP contribution in [0.4, 0.5) is 0 Å². The van der Waals surface area contributed by atoms with Crippen LogP contribution in [-0.4, -0.2) is 4.98 Å². The first-order valence-corrected chi connectivity index (χ1v) is 8.65. The van der Waals surface area contributed by atoms with Gasteiger partial charge in [-0.1, -0.05) is 30.3 Å². The SMILES string of the molecule is Cc1ccc(C(C)NCc2ncc(-c3ccccc3)s2)s1. The van der Waals surface area contributed by atoms with Gasteiger partial charge in [-0.2, -0.15) is 0 Å². The molecule has 21 heavy (non-hydrogen) atoms. The van der Waals surface area contributed by atoms with Crippen molar-refractivity contribution in [1.29, 1.82) is 0 Å². The van der Waals surface area contributed by atoms with Gasteiger partial charge in [-0.05, 0) is 31.5 Å². The normalized spacial score (nSPS) is 12.5. The first-order valence-electron chi connectivity index (χ1n) is 7.02. The van der Waals surface area contributed by atoms with Crippen LogP contribution in [0.15, 0.2) is 48.7 Å². The topological polar surface area (TPSA) is 24.9 Å². The fourth-order valence-electron chi connectivity index (χ4n) is 2.16. The monoisotopic (exact) mass is 314 g/mol. The Kier molecular flexibility index (Phi) is 4.48. The molecule has 0 aliphatic heterocycles. The third-order valence-corrected chi connectivity index (χ3v) is 5.59. The number of nitrogens with one attached hydrogen (secondary N) is 1. The molecule has 1 atom stereocenters. The van der Waals surface area contributed by atoms with E-state index in [9.17, 15) is 0 Å². The highest BCUT2D eigenvalue weighted by atomic mass is 32.1. The highest BCUT2D eigenvalue weighted by Crippen LogP contribution is 2.27. The van der Waals surface area contributed by atoms with E-state index in [0.29, 0.717) is 6.04 Å². The molecule has 3 rings (SSSR count). The third kappa shape index (κ3) is 3.59. The number of hydrogen-bond acceptors (Lipinski definition) is 4. The summed E-state index contributed by atoms with van der Waals surface area (Å²) < 4.78 is 0. The first kappa shape index (κ1) is 14.4. The minimum absolute atomic E-state index is 0.368. The number of thiazole rings is 1. The van der Waals surface area contributed by atoms with Crippen LogP contribution in [0, 0.1) is 6.92 Å². The average Bonchev–Trinajstić information content (AvgIpc) is 3.15. The minimum atomic E-state index is 0.368.